The van der Waals surface area contributed by atoms with E-state index >= 15 is 0 Å². The van der Waals surface area contributed by atoms with Crippen LogP contribution in [-0.4, -0.2) is 6.61 Å². The molecule has 0 radical (unpaired) electrons. The Morgan fingerprint density at radius 3 is 2.75 bits per heavy atom. The molecule has 0 N–H and O–H groups in total. The van der Waals surface area contributed by atoms with Gasteiger partial charge in [-0.3, -0.25) is 0 Å². The van der Waals surface area contributed by atoms with Crippen LogP contribution in [0.2, 0.25) is 10.0 Å². The molecular formula is C13H16Cl2O. The average Bonchev–Trinajstić information content (AvgIpc) is 2.24. The summed E-state index contributed by atoms with van der Waals surface area (Å²) in [5, 5.41) is 1.23. The van der Waals surface area contributed by atoms with Gasteiger partial charge in [0, 0.05) is 5.02 Å². The smallest absolute Gasteiger partial charge is 0.141 e. The van der Waals surface area contributed by atoms with Crippen LogP contribution in [0.15, 0.2) is 24.8 Å². The third-order valence-corrected chi connectivity index (χ3v) is 2.65. The fourth-order valence-electron chi connectivity index (χ4n) is 1.42. The molecule has 0 aliphatic rings. The van der Waals surface area contributed by atoms with Crippen molar-refractivity contribution >= 4 is 23.2 Å². The van der Waals surface area contributed by atoms with E-state index in [0.29, 0.717) is 16.7 Å². The van der Waals surface area contributed by atoms with Crippen LogP contribution in [0.5, 0.6) is 5.75 Å². The first-order valence-electron chi connectivity index (χ1n) is 5.40. The van der Waals surface area contributed by atoms with Gasteiger partial charge in [-0.15, -0.1) is 6.58 Å². The van der Waals surface area contributed by atoms with Crippen LogP contribution >= 0.6 is 23.2 Å². The van der Waals surface area contributed by atoms with E-state index in [-0.39, 0.29) is 0 Å². The van der Waals surface area contributed by atoms with Crippen LogP contribution in [0.25, 0.3) is 0 Å². The van der Waals surface area contributed by atoms with Gasteiger partial charge in [0.25, 0.3) is 0 Å². The Morgan fingerprint density at radius 1 is 1.38 bits per heavy atom. The molecular weight excluding hydrogens is 243 g/mol. The highest BCUT2D eigenvalue weighted by Gasteiger charge is 2.09. The largest absolute Gasteiger partial charge is 0.492 e. The van der Waals surface area contributed by atoms with Crippen molar-refractivity contribution in [1.29, 1.82) is 0 Å². The van der Waals surface area contributed by atoms with Gasteiger partial charge in [0.05, 0.1) is 11.6 Å². The van der Waals surface area contributed by atoms with E-state index in [1.54, 1.807) is 6.07 Å². The summed E-state index contributed by atoms with van der Waals surface area (Å²) in [6, 6.07) is 3.62. The number of halogens is 2. The summed E-state index contributed by atoms with van der Waals surface area (Å²) in [6.07, 6.45) is 4.57. The first-order valence-corrected chi connectivity index (χ1v) is 6.16. The van der Waals surface area contributed by atoms with Crippen molar-refractivity contribution in [3.05, 3.63) is 40.4 Å². The lowest BCUT2D eigenvalue weighted by molar-refractivity contribution is 0.314. The lowest BCUT2D eigenvalue weighted by Crippen LogP contribution is -2.00. The molecule has 0 atom stereocenters. The summed E-state index contributed by atoms with van der Waals surface area (Å²) in [5.41, 5.74) is 1.05. The second-order valence-corrected chi connectivity index (χ2v) is 4.40. The summed E-state index contributed by atoms with van der Waals surface area (Å²) in [4.78, 5) is 0. The van der Waals surface area contributed by atoms with Gasteiger partial charge in [-0.2, -0.15) is 0 Å². The minimum atomic E-state index is 0.583. The van der Waals surface area contributed by atoms with Crippen molar-refractivity contribution in [2.45, 2.75) is 26.2 Å². The van der Waals surface area contributed by atoms with E-state index in [1.165, 1.54) is 0 Å². The Bertz CT molecular complexity index is 361. The monoisotopic (exact) mass is 258 g/mol. The molecule has 0 amide bonds. The van der Waals surface area contributed by atoms with Crippen LogP contribution < -0.4 is 4.74 Å². The van der Waals surface area contributed by atoms with E-state index < -0.39 is 0 Å². The maximum absolute atomic E-state index is 6.11. The fourth-order valence-corrected chi connectivity index (χ4v) is 2.01. The number of aryl methyl sites for hydroxylation is 1. The number of hydrogen-bond acceptors (Lipinski definition) is 1. The van der Waals surface area contributed by atoms with Gasteiger partial charge in [-0.1, -0.05) is 36.2 Å². The minimum absolute atomic E-state index is 0.583. The van der Waals surface area contributed by atoms with Crippen molar-refractivity contribution in [2.75, 3.05) is 6.61 Å². The zero-order valence-corrected chi connectivity index (χ0v) is 10.9. The van der Waals surface area contributed by atoms with E-state index in [4.69, 9.17) is 27.9 Å². The Morgan fingerprint density at radius 2 is 2.12 bits per heavy atom. The SMILES string of the molecule is C=CCCc1cc(Cl)cc(Cl)c1OCCC. The van der Waals surface area contributed by atoms with Crippen molar-refractivity contribution in [2.24, 2.45) is 0 Å². The predicted octanol–water partition coefficient (Wildman–Crippen LogP) is 4.90. The maximum atomic E-state index is 6.11. The number of ether oxygens (including phenoxy) is 1. The summed E-state index contributed by atoms with van der Waals surface area (Å²) >= 11 is 12.1. The molecule has 0 saturated carbocycles. The Kier molecular flexibility index (Phi) is 5.72. The predicted molar refractivity (Wildman–Crippen MR) is 70.8 cm³/mol. The molecule has 16 heavy (non-hydrogen) atoms. The molecule has 0 fully saturated rings. The van der Waals surface area contributed by atoms with Crippen molar-refractivity contribution in [3.63, 3.8) is 0 Å². The Balaban J connectivity index is 2.95. The minimum Gasteiger partial charge on any atom is -0.492 e. The third kappa shape index (κ3) is 3.73. The molecule has 0 heterocycles. The van der Waals surface area contributed by atoms with Crippen LogP contribution in [-0.2, 0) is 6.42 Å². The van der Waals surface area contributed by atoms with Gasteiger partial charge in [-0.05, 0) is 37.0 Å². The van der Waals surface area contributed by atoms with Crippen molar-refractivity contribution in [1.82, 2.24) is 0 Å². The van der Waals surface area contributed by atoms with E-state index in [0.717, 1.165) is 30.6 Å². The van der Waals surface area contributed by atoms with Gasteiger partial charge in [0.2, 0.25) is 0 Å². The number of hydrogen-bond donors (Lipinski definition) is 0. The third-order valence-electron chi connectivity index (χ3n) is 2.15. The first-order chi connectivity index (χ1) is 7.69. The van der Waals surface area contributed by atoms with Crippen LogP contribution in [0.3, 0.4) is 0 Å². The molecule has 1 aromatic carbocycles. The summed E-state index contributed by atoms with van der Waals surface area (Å²) in [5.74, 6) is 0.759. The maximum Gasteiger partial charge on any atom is 0.141 e. The quantitative estimate of drug-likeness (QED) is 0.660. The topological polar surface area (TPSA) is 9.23 Å². The van der Waals surface area contributed by atoms with Crippen LogP contribution in [0.1, 0.15) is 25.3 Å². The normalized spacial score (nSPS) is 10.2. The molecule has 0 spiro atoms. The molecule has 1 nitrogen and oxygen atoms in total. The standard InChI is InChI=1S/C13H16Cl2O/c1-3-5-6-10-8-11(14)9-12(15)13(10)16-7-4-2/h3,8-9H,1,4-7H2,2H3. The molecule has 0 aliphatic heterocycles. The summed E-state index contributed by atoms with van der Waals surface area (Å²) in [6.45, 7) is 6.44. The highest BCUT2D eigenvalue weighted by molar-refractivity contribution is 6.35. The van der Waals surface area contributed by atoms with Gasteiger partial charge in [0.1, 0.15) is 5.75 Å². The average molecular weight is 259 g/mol. The fraction of sp³-hybridized carbons (Fsp3) is 0.385. The highest BCUT2D eigenvalue weighted by atomic mass is 35.5. The molecule has 0 bridgehead atoms. The first kappa shape index (κ1) is 13.4. The van der Waals surface area contributed by atoms with Gasteiger partial charge in [0.15, 0.2) is 0 Å². The van der Waals surface area contributed by atoms with Gasteiger partial charge >= 0.3 is 0 Å². The molecule has 0 unspecified atom stereocenters. The van der Waals surface area contributed by atoms with Gasteiger partial charge < -0.3 is 4.74 Å². The molecule has 0 aliphatic carbocycles. The summed E-state index contributed by atoms with van der Waals surface area (Å²) < 4.78 is 5.64. The second-order valence-electron chi connectivity index (χ2n) is 3.55. The zero-order valence-electron chi connectivity index (χ0n) is 9.43. The lowest BCUT2D eigenvalue weighted by atomic mass is 10.1. The molecule has 1 aromatic rings. The Labute approximate surface area is 107 Å². The van der Waals surface area contributed by atoms with Crippen LogP contribution in [0, 0.1) is 0 Å². The number of benzene rings is 1. The van der Waals surface area contributed by atoms with Crippen LogP contribution in [0.4, 0.5) is 0 Å². The molecule has 0 saturated heterocycles. The number of rotatable bonds is 6. The zero-order chi connectivity index (χ0) is 12.0. The molecule has 3 heteroatoms. The van der Waals surface area contributed by atoms with E-state index in [9.17, 15) is 0 Å². The van der Waals surface area contributed by atoms with Crippen molar-refractivity contribution in [3.8, 4) is 5.75 Å². The molecule has 0 aromatic heterocycles. The second kappa shape index (κ2) is 6.82. The molecule has 1 rings (SSSR count). The van der Waals surface area contributed by atoms with E-state index in [2.05, 4.69) is 13.5 Å². The highest BCUT2D eigenvalue weighted by Crippen LogP contribution is 2.33. The Hall–Kier alpha value is -0.660. The number of allylic oxidation sites excluding steroid dienone is 1. The van der Waals surface area contributed by atoms with Crippen molar-refractivity contribution < 1.29 is 4.74 Å². The van der Waals surface area contributed by atoms with Gasteiger partial charge in [-0.25, -0.2) is 0 Å². The summed E-state index contributed by atoms with van der Waals surface area (Å²) in [7, 11) is 0. The lowest BCUT2D eigenvalue weighted by Gasteiger charge is -2.12. The molecule has 88 valence electrons. The van der Waals surface area contributed by atoms with E-state index in [1.807, 2.05) is 12.1 Å².